The van der Waals surface area contributed by atoms with E-state index in [0.717, 1.165) is 11.1 Å². The summed E-state index contributed by atoms with van der Waals surface area (Å²) in [5.41, 5.74) is 3.12. The smallest absolute Gasteiger partial charge is 0.256 e. The Hall–Kier alpha value is -2.24. The Kier molecular flexibility index (Phi) is 4.69. The third-order valence-electron chi connectivity index (χ3n) is 3.97. The summed E-state index contributed by atoms with van der Waals surface area (Å²) in [4.78, 5) is 19.0. The second-order valence-electron chi connectivity index (χ2n) is 5.66. The van der Waals surface area contributed by atoms with Gasteiger partial charge in [-0.3, -0.25) is 9.78 Å². The predicted octanol–water partition coefficient (Wildman–Crippen LogP) is 1.89. The van der Waals surface area contributed by atoms with E-state index in [4.69, 9.17) is 4.74 Å². The van der Waals surface area contributed by atoms with Gasteiger partial charge in [0.1, 0.15) is 0 Å². The topological polar surface area (TPSA) is 62.7 Å². The monoisotopic (exact) mass is 312 g/mol. The van der Waals surface area contributed by atoms with Crippen LogP contribution < -0.4 is 0 Å². The number of benzene rings is 1. The number of carbonyl (C=O) groups is 1. The first kappa shape index (κ1) is 15.6. The number of ether oxygens (including phenoxy) is 1. The second kappa shape index (κ2) is 6.89. The highest BCUT2D eigenvalue weighted by molar-refractivity contribution is 6.01. The number of aryl methyl sites for hydroxylation is 1. The zero-order valence-corrected chi connectivity index (χ0v) is 13.1. The lowest BCUT2D eigenvalue weighted by Gasteiger charge is -2.23. The van der Waals surface area contributed by atoms with Crippen LogP contribution in [0.3, 0.4) is 0 Å². The van der Waals surface area contributed by atoms with Crippen molar-refractivity contribution in [2.24, 2.45) is 0 Å². The van der Waals surface area contributed by atoms with E-state index in [0.29, 0.717) is 24.4 Å². The molecular formula is C18H20N2O3. The molecule has 1 aliphatic rings. The SMILES string of the molecule is Cc1nccc(-c2ccccc2)c1C(=O)N1CCOC[C@@H](O)C1. The summed E-state index contributed by atoms with van der Waals surface area (Å²) in [5.74, 6) is -0.112. The van der Waals surface area contributed by atoms with E-state index in [9.17, 15) is 9.90 Å². The predicted molar refractivity (Wildman–Crippen MR) is 87.1 cm³/mol. The second-order valence-corrected chi connectivity index (χ2v) is 5.66. The Morgan fingerprint density at radius 3 is 2.87 bits per heavy atom. The molecule has 1 N–H and O–H groups in total. The minimum Gasteiger partial charge on any atom is -0.389 e. The van der Waals surface area contributed by atoms with Gasteiger partial charge in [-0.05, 0) is 24.1 Å². The number of aromatic nitrogens is 1. The Labute approximate surface area is 135 Å². The fourth-order valence-corrected chi connectivity index (χ4v) is 2.83. The number of β-amino-alcohol motifs (C(OH)–C–C–N with tert-alkyl or cyclic N) is 1. The molecule has 0 radical (unpaired) electrons. The summed E-state index contributed by atoms with van der Waals surface area (Å²) < 4.78 is 5.31. The van der Waals surface area contributed by atoms with Gasteiger partial charge in [-0.15, -0.1) is 0 Å². The van der Waals surface area contributed by atoms with Gasteiger partial charge in [-0.2, -0.15) is 0 Å². The maximum Gasteiger partial charge on any atom is 0.256 e. The number of amides is 1. The molecule has 1 aromatic carbocycles. The molecule has 5 nitrogen and oxygen atoms in total. The average Bonchev–Trinajstić information content (AvgIpc) is 2.79. The minimum absolute atomic E-state index is 0.112. The third-order valence-corrected chi connectivity index (χ3v) is 3.97. The van der Waals surface area contributed by atoms with Crippen LogP contribution in [0.25, 0.3) is 11.1 Å². The van der Waals surface area contributed by atoms with Crippen LogP contribution in [0.4, 0.5) is 0 Å². The molecule has 1 aliphatic heterocycles. The number of nitrogens with zero attached hydrogens (tertiary/aromatic N) is 2. The van der Waals surface area contributed by atoms with Crippen molar-refractivity contribution < 1.29 is 14.6 Å². The summed E-state index contributed by atoms with van der Waals surface area (Å²) in [6.07, 6.45) is 1.06. The molecule has 0 bridgehead atoms. The van der Waals surface area contributed by atoms with Crippen molar-refractivity contribution in [3.63, 3.8) is 0 Å². The van der Waals surface area contributed by atoms with Crippen LogP contribution in [0.5, 0.6) is 0 Å². The van der Waals surface area contributed by atoms with Crippen molar-refractivity contribution in [1.82, 2.24) is 9.88 Å². The molecule has 2 heterocycles. The molecule has 3 rings (SSSR count). The number of hydrogen-bond acceptors (Lipinski definition) is 4. The lowest BCUT2D eigenvalue weighted by atomic mass is 9.98. The van der Waals surface area contributed by atoms with Crippen molar-refractivity contribution in [1.29, 1.82) is 0 Å². The standard InChI is InChI=1S/C18H20N2O3/c1-13-17(18(22)20-9-10-23-12-15(21)11-20)16(7-8-19-13)14-5-3-2-4-6-14/h2-8,15,21H,9-12H2,1H3/t15-/m0/s1. The van der Waals surface area contributed by atoms with Gasteiger partial charge in [0.2, 0.25) is 0 Å². The van der Waals surface area contributed by atoms with E-state index < -0.39 is 6.10 Å². The number of carbonyl (C=O) groups excluding carboxylic acids is 1. The summed E-state index contributed by atoms with van der Waals surface area (Å²) in [5, 5.41) is 9.88. The molecule has 1 saturated heterocycles. The Bertz CT molecular complexity index is 688. The zero-order valence-electron chi connectivity index (χ0n) is 13.1. The molecule has 23 heavy (non-hydrogen) atoms. The van der Waals surface area contributed by atoms with Gasteiger partial charge in [-0.25, -0.2) is 0 Å². The molecular weight excluding hydrogens is 292 g/mol. The fraction of sp³-hybridized carbons (Fsp3) is 0.333. The van der Waals surface area contributed by atoms with E-state index in [1.807, 2.05) is 43.3 Å². The summed E-state index contributed by atoms with van der Waals surface area (Å²) >= 11 is 0. The zero-order chi connectivity index (χ0) is 16.2. The highest BCUT2D eigenvalue weighted by Crippen LogP contribution is 2.26. The molecule has 1 aromatic heterocycles. The van der Waals surface area contributed by atoms with Crippen molar-refractivity contribution in [2.75, 3.05) is 26.3 Å². The maximum absolute atomic E-state index is 13.0. The van der Waals surface area contributed by atoms with Crippen LogP contribution in [-0.4, -0.2) is 53.3 Å². The van der Waals surface area contributed by atoms with Crippen molar-refractivity contribution in [3.05, 3.63) is 53.9 Å². The lowest BCUT2D eigenvalue weighted by Crippen LogP contribution is -2.38. The van der Waals surface area contributed by atoms with Gasteiger partial charge in [-0.1, -0.05) is 30.3 Å². The van der Waals surface area contributed by atoms with Crippen LogP contribution in [0.2, 0.25) is 0 Å². The summed E-state index contributed by atoms with van der Waals surface area (Å²) in [6.45, 7) is 3.29. The fourth-order valence-electron chi connectivity index (χ4n) is 2.83. The largest absolute Gasteiger partial charge is 0.389 e. The first-order chi connectivity index (χ1) is 11.2. The quantitative estimate of drug-likeness (QED) is 0.920. The van der Waals surface area contributed by atoms with E-state index in [-0.39, 0.29) is 19.1 Å². The molecule has 1 amide bonds. The maximum atomic E-state index is 13.0. The van der Waals surface area contributed by atoms with E-state index in [1.165, 1.54) is 0 Å². The molecule has 0 unspecified atom stereocenters. The summed E-state index contributed by atoms with van der Waals surface area (Å²) in [7, 11) is 0. The average molecular weight is 312 g/mol. The van der Waals surface area contributed by atoms with E-state index in [1.54, 1.807) is 11.1 Å². The first-order valence-electron chi connectivity index (χ1n) is 7.73. The van der Waals surface area contributed by atoms with Gasteiger partial charge in [0.15, 0.2) is 0 Å². The van der Waals surface area contributed by atoms with Gasteiger partial charge in [0, 0.05) is 19.3 Å². The van der Waals surface area contributed by atoms with E-state index in [2.05, 4.69) is 4.98 Å². The Morgan fingerprint density at radius 2 is 2.09 bits per heavy atom. The van der Waals surface area contributed by atoms with Crippen LogP contribution in [0, 0.1) is 6.92 Å². The van der Waals surface area contributed by atoms with E-state index >= 15 is 0 Å². The number of rotatable bonds is 2. The molecule has 1 atom stereocenters. The van der Waals surface area contributed by atoms with Gasteiger partial charge < -0.3 is 14.7 Å². The highest BCUT2D eigenvalue weighted by atomic mass is 16.5. The number of aliphatic hydroxyl groups excluding tert-OH is 1. The minimum atomic E-state index is -0.654. The van der Waals surface area contributed by atoms with Crippen molar-refractivity contribution >= 4 is 5.91 Å². The molecule has 120 valence electrons. The van der Waals surface area contributed by atoms with Crippen LogP contribution >= 0.6 is 0 Å². The van der Waals surface area contributed by atoms with Gasteiger partial charge in [0.05, 0.1) is 30.6 Å². The number of aliphatic hydroxyl groups is 1. The molecule has 2 aromatic rings. The van der Waals surface area contributed by atoms with Crippen LogP contribution in [-0.2, 0) is 4.74 Å². The molecule has 5 heteroatoms. The van der Waals surface area contributed by atoms with Crippen LogP contribution in [0.1, 0.15) is 16.1 Å². The first-order valence-corrected chi connectivity index (χ1v) is 7.73. The molecule has 0 saturated carbocycles. The molecule has 0 aliphatic carbocycles. The van der Waals surface area contributed by atoms with Crippen molar-refractivity contribution in [3.8, 4) is 11.1 Å². The Morgan fingerprint density at radius 1 is 1.30 bits per heavy atom. The molecule has 1 fully saturated rings. The highest BCUT2D eigenvalue weighted by Gasteiger charge is 2.25. The molecule has 0 spiro atoms. The third kappa shape index (κ3) is 3.41. The normalized spacial score (nSPS) is 18.5. The number of pyridine rings is 1. The summed E-state index contributed by atoms with van der Waals surface area (Å²) in [6, 6.07) is 11.7. The van der Waals surface area contributed by atoms with Crippen molar-refractivity contribution in [2.45, 2.75) is 13.0 Å². The number of hydrogen-bond donors (Lipinski definition) is 1. The van der Waals surface area contributed by atoms with Gasteiger partial charge in [0.25, 0.3) is 5.91 Å². The Balaban J connectivity index is 2.00. The lowest BCUT2D eigenvalue weighted by molar-refractivity contribution is 0.0534. The van der Waals surface area contributed by atoms with Crippen LogP contribution in [0.15, 0.2) is 42.6 Å². The van der Waals surface area contributed by atoms with Gasteiger partial charge >= 0.3 is 0 Å².